The first-order chi connectivity index (χ1) is 18.4. The predicted molar refractivity (Wildman–Crippen MR) is 165 cm³/mol. The van der Waals surface area contributed by atoms with Crippen molar-refractivity contribution in [2.75, 3.05) is 9.62 Å². The Bertz CT molecular complexity index is 1180. The van der Waals surface area contributed by atoms with Crippen LogP contribution in [-0.2, 0) is 37.6 Å². The predicted octanol–water partition coefficient (Wildman–Crippen LogP) is 8.19. The third-order valence-electron chi connectivity index (χ3n) is 6.90. The Labute approximate surface area is 234 Å². The van der Waals surface area contributed by atoms with Gasteiger partial charge >= 0.3 is 0 Å². The van der Waals surface area contributed by atoms with Gasteiger partial charge in [-0.25, -0.2) is 4.98 Å². The lowest BCUT2D eigenvalue weighted by Crippen LogP contribution is -2.32. The molecule has 2 aromatic carbocycles. The first-order valence-corrected chi connectivity index (χ1v) is 14.9. The maximum absolute atomic E-state index is 13.0. The van der Waals surface area contributed by atoms with Gasteiger partial charge in [0, 0.05) is 37.2 Å². The number of amides is 1. The molecule has 3 aromatic rings. The highest BCUT2D eigenvalue weighted by atomic mass is 32.1. The zero-order valence-corrected chi connectivity index (χ0v) is 25.0. The molecule has 0 fully saturated rings. The molecular weight excluding hydrogens is 488 g/mol. The number of nitrogens with zero attached hydrogens (tertiary/aromatic N) is 3. The Morgan fingerprint density at radius 3 is 2.50 bits per heavy atom. The number of carbonyl (C=O) groups is 1. The van der Waals surface area contributed by atoms with Crippen LogP contribution >= 0.6 is 11.4 Å². The lowest BCUT2D eigenvalue weighted by Gasteiger charge is -2.26. The van der Waals surface area contributed by atoms with E-state index in [2.05, 4.69) is 60.8 Å². The minimum atomic E-state index is 0.188. The molecule has 4 rings (SSSR count). The number of hydrogen-bond donors (Lipinski definition) is 1. The molecule has 6 heteroatoms. The van der Waals surface area contributed by atoms with Gasteiger partial charge in [-0.2, -0.15) is 0 Å². The number of anilines is 2. The quantitative estimate of drug-likeness (QED) is 0.296. The van der Waals surface area contributed by atoms with Crippen LogP contribution in [0.25, 0.3) is 0 Å². The summed E-state index contributed by atoms with van der Waals surface area (Å²) in [5.41, 5.74) is 11.5. The van der Waals surface area contributed by atoms with Crippen LogP contribution in [0, 0.1) is 11.6 Å². The zero-order valence-electron chi connectivity index (χ0n) is 24.2. The molecule has 5 nitrogen and oxygen atoms in total. The zero-order chi connectivity index (χ0) is 27.9. The van der Waals surface area contributed by atoms with Crippen molar-refractivity contribution in [1.82, 2.24) is 9.55 Å². The van der Waals surface area contributed by atoms with Crippen molar-refractivity contribution in [3.63, 3.8) is 0 Å². The molecule has 206 valence electrons. The summed E-state index contributed by atoms with van der Waals surface area (Å²) in [5.74, 6) is 1.50. The smallest absolute Gasteiger partial charge is 0.227 e. The topological polar surface area (TPSA) is 50.2 Å². The SMILES string of the molecule is C#SNc1cccc(CC)c1.CC.CCC(C)CC(=O)N(Cc1nccn1C)c1ccc2c(c1)CCCC2. The van der Waals surface area contributed by atoms with Crippen LogP contribution < -0.4 is 9.62 Å². The molecule has 0 aliphatic heterocycles. The van der Waals surface area contributed by atoms with E-state index < -0.39 is 0 Å². The minimum Gasteiger partial charge on any atom is -0.337 e. The summed E-state index contributed by atoms with van der Waals surface area (Å²) in [4.78, 5) is 19.3. The monoisotopic (exact) mass is 534 g/mol. The van der Waals surface area contributed by atoms with E-state index >= 15 is 0 Å². The number of aryl methyl sites for hydroxylation is 4. The highest BCUT2D eigenvalue weighted by molar-refractivity contribution is 7.89. The Morgan fingerprint density at radius 2 is 1.87 bits per heavy atom. The largest absolute Gasteiger partial charge is 0.337 e. The van der Waals surface area contributed by atoms with Gasteiger partial charge in [0.25, 0.3) is 0 Å². The van der Waals surface area contributed by atoms with Crippen LogP contribution in [0.5, 0.6) is 0 Å². The van der Waals surface area contributed by atoms with Crippen LogP contribution in [-0.4, -0.2) is 15.5 Å². The summed E-state index contributed by atoms with van der Waals surface area (Å²) in [6, 6.07) is 14.8. The number of benzene rings is 2. The summed E-state index contributed by atoms with van der Waals surface area (Å²) < 4.78 is 4.96. The first-order valence-electron chi connectivity index (χ1n) is 14.0. The lowest BCUT2D eigenvalue weighted by atomic mass is 9.91. The van der Waals surface area contributed by atoms with Gasteiger partial charge in [0.05, 0.1) is 6.54 Å². The van der Waals surface area contributed by atoms with Gasteiger partial charge in [-0.3, -0.25) is 4.79 Å². The number of imidazole rings is 1. The van der Waals surface area contributed by atoms with Gasteiger partial charge in [0.2, 0.25) is 5.91 Å². The van der Waals surface area contributed by atoms with E-state index in [4.69, 9.17) is 5.69 Å². The summed E-state index contributed by atoms with van der Waals surface area (Å²) in [5, 5.41) is 0. The van der Waals surface area contributed by atoms with E-state index in [0.717, 1.165) is 54.2 Å². The van der Waals surface area contributed by atoms with Gasteiger partial charge < -0.3 is 14.2 Å². The molecule has 1 atom stereocenters. The Hall–Kier alpha value is -3.08. The van der Waals surface area contributed by atoms with Crippen LogP contribution in [0.2, 0.25) is 0 Å². The molecule has 0 radical (unpaired) electrons. The van der Waals surface area contributed by atoms with Crippen LogP contribution in [0.3, 0.4) is 0 Å². The van der Waals surface area contributed by atoms with Crippen molar-refractivity contribution in [2.24, 2.45) is 13.0 Å². The van der Waals surface area contributed by atoms with Crippen LogP contribution in [0.15, 0.2) is 54.9 Å². The number of aromatic nitrogens is 2. The molecule has 1 heterocycles. The molecule has 1 unspecified atom stereocenters. The van der Waals surface area contributed by atoms with Crippen molar-refractivity contribution >= 4 is 28.6 Å². The lowest BCUT2D eigenvalue weighted by molar-refractivity contribution is -0.119. The molecule has 1 amide bonds. The molecule has 1 aliphatic rings. The fourth-order valence-corrected chi connectivity index (χ4v) is 4.64. The van der Waals surface area contributed by atoms with E-state index in [1.54, 1.807) is 6.20 Å². The van der Waals surface area contributed by atoms with E-state index in [0.29, 0.717) is 18.9 Å². The molecule has 0 saturated heterocycles. The Kier molecular flexibility index (Phi) is 13.7. The van der Waals surface area contributed by atoms with Crippen molar-refractivity contribution in [3.05, 3.63) is 77.4 Å². The molecule has 1 N–H and O–H groups in total. The standard InChI is InChI=1S/C21H29N3O.C9H11NS.C2H6/c1-4-16(2)13-21(25)24(15-20-22-11-12-23(20)3)19-10-9-17-7-5-6-8-18(17)14-19;1-3-8-5-4-6-9(7-8)10-11-2;1-2/h9-12,14,16H,4-8,13,15H2,1-3H3;2,4-7,10H,3H2,1H3;1-2H3. The maximum atomic E-state index is 13.0. The number of carbonyl (C=O) groups excluding carboxylic acids is 1. The second-order valence-electron chi connectivity index (χ2n) is 9.59. The van der Waals surface area contributed by atoms with Crippen LogP contribution in [0.1, 0.15) is 82.8 Å². The molecular formula is C32H46N4OS. The molecule has 0 bridgehead atoms. The number of fused-ring (bicyclic) bond motifs is 1. The average molecular weight is 535 g/mol. The fourth-order valence-electron chi connectivity index (χ4n) is 4.38. The van der Waals surface area contributed by atoms with Crippen molar-refractivity contribution in [1.29, 1.82) is 0 Å². The number of rotatable bonds is 8. The third kappa shape index (κ3) is 9.34. The van der Waals surface area contributed by atoms with Gasteiger partial charge in [-0.05, 0) is 90.3 Å². The summed E-state index contributed by atoms with van der Waals surface area (Å²) >= 11 is 1.12. The van der Waals surface area contributed by atoms with Gasteiger partial charge in [-0.15, -0.1) is 0 Å². The third-order valence-corrected chi connectivity index (χ3v) is 7.25. The minimum absolute atomic E-state index is 0.188. The van der Waals surface area contributed by atoms with Gasteiger partial charge in [-0.1, -0.05) is 64.9 Å². The highest BCUT2D eigenvalue weighted by Gasteiger charge is 2.21. The number of nitrogens with one attached hydrogen (secondary N) is 1. The van der Waals surface area contributed by atoms with Crippen molar-refractivity contribution in [3.8, 4) is 5.69 Å². The van der Waals surface area contributed by atoms with Crippen LogP contribution in [0.4, 0.5) is 11.4 Å². The normalized spacial score (nSPS) is 12.6. The van der Waals surface area contributed by atoms with E-state index in [9.17, 15) is 4.79 Å². The van der Waals surface area contributed by atoms with E-state index in [1.807, 2.05) is 48.7 Å². The Morgan fingerprint density at radius 1 is 1.13 bits per heavy atom. The molecule has 0 saturated carbocycles. The second kappa shape index (κ2) is 16.7. The molecule has 1 aliphatic carbocycles. The fraction of sp³-hybridized carbons (Fsp3) is 0.469. The summed E-state index contributed by atoms with van der Waals surface area (Å²) in [6.07, 6.45) is 11.2. The molecule has 0 spiro atoms. The molecule has 38 heavy (non-hydrogen) atoms. The Balaban J connectivity index is 0.000000327. The average Bonchev–Trinajstić information content (AvgIpc) is 3.37. The van der Waals surface area contributed by atoms with E-state index in [1.165, 1.54) is 29.5 Å². The molecule has 1 aromatic heterocycles. The van der Waals surface area contributed by atoms with Gasteiger partial charge in [0.1, 0.15) is 5.82 Å². The highest BCUT2D eigenvalue weighted by Crippen LogP contribution is 2.28. The second-order valence-corrected chi connectivity index (χ2v) is 10.0. The summed E-state index contributed by atoms with van der Waals surface area (Å²) in [6.45, 7) is 10.9. The number of hydrogen-bond acceptors (Lipinski definition) is 3. The summed E-state index contributed by atoms with van der Waals surface area (Å²) in [7, 11) is 1.98. The van der Waals surface area contributed by atoms with Crippen molar-refractivity contribution in [2.45, 2.75) is 86.1 Å². The first kappa shape index (κ1) is 31.1. The van der Waals surface area contributed by atoms with E-state index in [-0.39, 0.29) is 5.91 Å². The van der Waals surface area contributed by atoms with Gasteiger partial charge in [0.15, 0.2) is 0 Å². The maximum Gasteiger partial charge on any atom is 0.227 e. The van der Waals surface area contributed by atoms with Crippen molar-refractivity contribution < 1.29 is 4.79 Å².